The normalized spacial score (nSPS) is 14.5. The molecule has 1 aliphatic carbocycles. The summed E-state index contributed by atoms with van der Waals surface area (Å²) in [6.45, 7) is 10.3. The number of carbonyl (C=O) groups excluding carboxylic acids is 7. The highest BCUT2D eigenvalue weighted by Crippen LogP contribution is 2.36. The van der Waals surface area contributed by atoms with Gasteiger partial charge in [0, 0.05) is 111 Å². The van der Waals surface area contributed by atoms with Gasteiger partial charge in [0.25, 0.3) is 0 Å². The summed E-state index contributed by atoms with van der Waals surface area (Å²) in [6.07, 6.45) is 18.0. The van der Waals surface area contributed by atoms with E-state index in [0.717, 1.165) is 34.4 Å². The average Bonchev–Trinajstić information content (AvgIpc) is 0.916. The van der Waals surface area contributed by atoms with Crippen molar-refractivity contribution in [2.75, 3.05) is 63.4 Å². The van der Waals surface area contributed by atoms with E-state index >= 15 is 4.39 Å². The quantitative estimate of drug-likeness (QED) is 0.00249. The molecule has 39 nitrogen and oxygen atoms in total. The van der Waals surface area contributed by atoms with Crippen molar-refractivity contribution in [2.45, 2.75) is 204 Å². The molecule has 4 heterocycles. The van der Waals surface area contributed by atoms with Crippen LogP contribution < -0.4 is 55.7 Å². The number of carboxylic acid groups (broad SMARTS) is 4. The Morgan fingerprint density at radius 2 is 1.04 bits per heavy atom. The second-order valence-corrected chi connectivity index (χ2v) is 30.7. The number of amides is 9. The number of aliphatic hydroxyl groups excluding tert-OH is 1. The number of likely N-dealkylation sites (N-methyl/N-ethyl adjacent to an activating group) is 1. The number of carboxylic acids is 4. The van der Waals surface area contributed by atoms with Gasteiger partial charge in [-0.1, -0.05) is 141 Å². The van der Waals surface area contributed by atoms with E-state index in [2.05, 4.69) is 57.8 Å². The van der Waals surface area contributed by atoms with E-state index in [9.17, 15) is 76.1 Å². The second-order valence-electron chi connectivity index (χ2n) is 30.7. The average molecular weight is 1920 g/mol. The Labute approximate surface area is 795 Å². The Morgan fingerprint density at radius 1 is 0.591 bits per heavy atom. The van der Waals surface area contributed by atoms with Crippen LogP contribution >= 0.6 is 0 Å². The number of azide groups is 1. The molecule has 2 unspecified atom stereocenters. The number of anilines is 2. The summed E-state index contributed by atoms with van der Waals surface area (Å²) in [5.41, 5.74) is 45.5. The van der Waals surface area contributed by atoms with Crippen molar-refractivity contribution in [1.29, 1.82) is 0 Å². The number of nitrogens with two attached hydrogens (primary N) is 6. The lowest BCUT2D eigenvalue weighted by atomic mass is 9.82. The highest BCUT2D eigenvalue weighted by atomic mass is 19.1. The van der Waals surface area contributed by atoms with Crippen molar-refractivity contribution in [1.82, 2.24) is 60.6 Å². The number of ether oxygens (including phenoxy) is 1. The highest BCUT2D eigenvalue weighted by molar-refractivity contribution is 6.18. The Bertz CT molecular complexity index is 5120. The molecule has 2 aromatic heterocycles. The number of terminal acetylenes is 1. The zero-order valence-corrected chi connectivity index (χ0v) is 73.4. The zero-order chi connectivity index (χ0) is 97.5. The van der Waals surface area contributed by atoms with Crippen LogP contribution in [0.2, 0.25) is 0 Å². The number of carbonyl (C=O) groups is 11. The van der Waals surface area contributed by atoms with Crippen LogP contribution in [0.4, 0.5) is 48.1 Å². The Kier molecular flexibility index (Phi) is 57.1. The number of hydrogen-bond acceptors (Lipinski definition) is 22. The molecule has 21 N–H and O–H groups in total. The summed E-state index contributed by atoms with van der Waals surface area (Å²) in [7, 11) is 0. The summed E-state index contributed by atoms with van der Waals surface area (Å²) >= 11 is 0. The standard InChI is InChI=1S/C41H47F2N9O7.C17H22FN5O3.C11H11F.C7H12N4O3.C7H9NO.C6H13N3O3.5CH4/c1-3-49-22-31(39(55)56)37(53)30-20-32(43)36(21-35(30)49)50-15-17-51(18-16-50)41(58)59-24-27-8-12-29(13-9-27)46-38(54)34(5-4-14-45-40(44)57)52-23-33(47-48-52)25(2)19-26-6-10-28(42)11-7-26;1-11(9-12-4-6-13(18)7-5-12)14-10-23(22-21-14)15(16(24)25)3-2-8-20-17(19)26;1-3-9(2)8-10-4-6-11(12)7-5-10;8-6(12)4-2-1-3-5(7(13)14)10-11-9;8-7-3-1-6(5-9)2-4-7;7-4(5(10)11)2-1-3-9-6(8)12;;;;;/h6-13,20-23,25,30,34-35H,3-5,14-19,24H2,1-2H3,(H,46,54)(H,55,56)(H3,44,45,57);4-7,10-11,15H,2-3,8-9H2,1H3,(H,24,25)(H3,19,20,26);1,4-7,9H,8H2,2H3;5H,1-4H2,(H2,8,12)(H,13,14);1-4,9H,5,8H2;4H,1-3,7H2,(H,10,11)(H3,8,9,12);5*1H4/t25-,30?,34-,35?;11-,15-;9-;5-;;4-;;;;;/m0010.0...../s1. The summed E-state index contributed by atoms with van der Waals surface area (Å²) in [6, 6.07) is 26.9. The number of unbranched alkanes of at least 4 members (excludes halogenated alkanes) is 1. The van der Waals surface area contributed by atoms with Gasteiger partial charge in [-0.15, -0.1) is 22.5 Å². The summed E-state index contributed by atoms with van der Waals surface area (Å²) in [5, 5.41) is 74.2. The van der Waals surface area contributed by atoms with Crippen molar-refractivity contribution < 1.29 is 101 Å². The number of fused-ring (bicyclic) bond motifs is 1. The number of halogens is 4. The maximum Gasteiger partial charge on any atom is 0.410 e. The first-order valence-corrected chi connectivity index (χ1v) is 42.1. The molecule has 1 fully saturated rings. The molecule has 9 amide bonds. The van der Waals surface area contributed by atoms with Gasteiger partial charge < -0.3 is 101 Å². The van der Waals surface area contributed by atoms with Gasteiger partial charge in [-0.2, -0.15) is 0 Å². The predicted octanol–water partition coefficient (Wildman–Crippen LogP) is 12.3. The first-order valence-electron chi connectivity index (χ1n) is 42.1. The lowest BCUT2D eigenvalue weighted by Crippen LogP contribution is -2.50. The number of piperazine rings is 1. The number of aliphatic carboxylic acids is 4. The van der Waals surface area contributed by atoms with Gasteiger partial charge in [0.05, 0.1) is 35.7 Å². The minimum atomic E-state index is -1.35. The molecule has 750 valence electrons. The van der Waals surface area contributed by atoms with Gasteiger partial charge in [-0.25, -0.2) is 55.7 Å². The minimum Gasteiger partial charge on any atom is -0.481 e. The molecule has 9 atom stereocenters. The fraction of sp³-hybridized carbons (Fsp3) is 0.436. The Balaban J connectivity index is 0.00000194. The highest BCUT2D eigenvalue weighted by Gasteiger charge is 2.42. The third-order valence-electron chi connectivity index (χ3n) is 20.5. The molecule has 0 bridgehead atoms. The summed E-state index contributed by atoms with van der Waals surface area (Å²) < 4.78 is 62.6. The van der Waals surface area contributed by atoms with E-state index in [4.69, 9.17) is 66.4 Å². The number of rotatable bonds is 39. The third-order valence-corrected chi connectivity index (χ3v) is 20.5. The van der Waals surface area contributed by atoms with Crippen LogP contribution in [-0.2, 0) is 70.8 Å². The molecule has 43 heteroatoms. The van der Waals surface area contributed by atoms with Gasteiger partial charge in [0.1, 0.15) is 53.6 Å². The van der Waals surface area contributed by atoms with Crippen LogP contribution in [0.25, 0.3) is 10.4 Å². The topological polar surface area (TPSA) is 622 Å². The van der Waals surface area contributed by atoms with E-state index in [1.165, 1.54) is 62.9 Å². The number of aliphatic hydroxyl groups is 1. The molecule has 0 saturated carbocycles. The molecule has 2 aliphatic heterocycles. The second kappa shape index (κ2) is 64.1. The lowest BCUT2D eigenvalue weighted by Gasteiger charge is -2.42. The van der Waals surface area contributed by atoms with E-state index in [0.29, 0.717) is 119 Å². The molecular formula is C94H134F4N22O17. The van der Waals surface area contributed by atoms with Gasteiger partial charge >= 0.3 is 48.1 Å². The molecule has 3 aliphatic rings. The number of hydrogen-bond donors (Lipinski definition) is 15. The zero-order valence-electron chi connectivity index (χ0n) is 73.4. The van der Waals surface area contributed by atoms with Crippen LogP contribution in [0.3, 0.4) is 0 Å². The molecular weight excluding hydrogens is 1790 g/mol. The molecule has 7 aromatic rings. The number of urea groups is 3. The van der Waals surface area contributed by atoms with Crippen LogP contribution in [-0.4, -0.2) is 206 Å². The largest absolute Gasteiger partial charge is 0.481 e. The molecule has 1 saturated heterocycles. The first kappa shape index (κ1) is 122. The fourth-order valence-corrected chi connectivity index (χ4v) is 13.2. The molecule has 10 rings (SSSR count). The number of primary amides is 4. The molecule has 137 heavy (non-hydrogen) atoms. The number of nitrogens with zero attached hydrogens (tertiary/aromatic N) is 12. The van der Waals surface area contributed by atoms with Gasteiger partial charge in [0.2, 0.25) is 11.8 Å². The van der Waals surface area contributed by atoms with Crippen LogP contribution in [0.1, 0.15) is 192 Å². The minimum absolute atomic E-state index is 0. The number of Topliss-reactive ketones (excluding diaryl/α,β-unsaturated/α-hetero) is 1. The number of benzene rings is 5. The van der Waals surface area contributed by atoms with Crippen LogP contribution in [0.5, 0.6) is 0 Å². The number of ketones is 1. The lowest BCUT2D eigenvalue weighted by molar-refractivity contribution is -0.142. The van der Waals surface area contributed by atoms with E-state index < -0.39 is 102 Å². The van der Waals surface area contributed by atoms with E-state index in [-0.39, 0.29) is 136 Å². The maximum absolute atomic E-state index is 15.4. The fourth-order valence-electron chi connectivity index (χ4n) is 13.2. The monoisotopic (exact) mass is 1920 g/mol. The number of aromatic nitrogens is 6. The third kappa shape index (κ3) is 44.2. The van der Waals surface area contributed by atoms with Gasteiger partial charge in [-0.05, 0) is 184 Å². The predicted molar refractivity (Wildman–Crippen MR) is 512 cm³/mol. The van der Waals surface area contributed by atoms with Crippen molar-refractivity contribution >= 4 is 77.0 Å². The van der Waals surface area contributed by atoms with Crippen molar-refractivity contribution in [2.24, 2.45) is 45.6 Å². The van der Waals surface area contributed by atoms with Crippen molar-refractivity contribution in [3.05, 3.63) is 236 Å². The van der Waals surface area contributed by atoms with E-state index in [1.807, 2.05) is 27.7 Å². The van der Waals surface area contributed by atoms with Crippen molar-refractivity contribution in [3.8, 4) is 12.3 Å². The smallest absolute Gasteiger partial charge is 0.410 e. The molecule has 0 spiro atoms. The first-order chi connectivity index (χ1) is 62.8. The Hall–Kier alpha value is -14.9. The van der Waals surface area contributed by atoms with Gasteiger partial charge in [-0.3, -0.25) is 24.0 Å². The SMILES string of the molecule is C.C.C.C.C.C#C[C@@H](C)Cc1ccc(F)cc1.CCN1C=C(C(=O)O)C(=O)C2C=C(F)C(N3CCN(C(=O)OCc4ccc(NC(=O)[C@H](CCCNC(N)=O)n5cc([C@@H](C)Cc6ccc(F)cc6)nn5)cc4)CC3)=CC21.C[C@@H](Cc1ccc(F)cc1)c1cn([C@@H](CCCNC(N)=O)C(=O)O)nn1.NC(=O)NCCC[C@H](N)C(=O)O.Nc1ccc(CO)cc1.[N-]=[N+]=N[C@@H](CCCCC(N)=O)C(=O)O. The number of nitrogen functional groups attached to an aromatic ring is 1. The van der Waals surface area contributed by atoms with Gasteiger partial charge in [0.15, 0.2) is 11.8 Å². The Morgan fingerprint density at radius 3 is 1.47 bits per heavy atom. The van der Waals surface area contributed by atoms with Crippen LogP contribution in [0.15, 0.2) is 174 Å². The summed E-state index contributed by atoms with van der Waals surface area (Å²) in [4.78, 5) is 133. The van der Waals surface area contributed by atoms with E-state index in [1.54, 1.807) is 113 Å². The maximum atomic E-state index is 15.4. The summed E-state index contributed by atoms with van der Waals surface area (Å²) in [5.74, 6) is -5.53. The van der Waals surface area contributed by atoms with Crippen LogP contribution in [0, 0.1) is 41.6 Å². The molecule has 0 radical (unpaired) electrons. The number of allylic oxidation sites excluding steroid dienone is 1. The number of nitrogens with one attached hydrogen (secondary N) is 4. The molecule has 5 aromatic carbocycles. The van der Waals surface area contributed by atoms with Crippen molar-refractivity contribution in [3.63, 3.8) is 0 Å².